The maximum absolute atomic E-state index is 13.3. The van der Waals surface area contributed by atoms with Crippen LogP contribution < -0.4 is 21.7 Å². The fourth-order valence-corrected chi connectivity index (χ4v) is 4.78. The molecule has 0 aliphatic carbocycles. The first-order chi connectivity index (χ1) is 22.9. The third kappa shape index (κ3) is 24.0. The third-order valence-electron chi connectivity index (χ3n) is 7.64. The lowest BCUT2D eigenvalue weighted by atomic mass is 9.85. The second-order valence-corrected chi connectivity index (χ2v) is 16.4. The molecule has 0 aromatic carbocycles. The summed E-state index contributed by atoms with van der Waals surface area (Å²) in [4.78, 5) is 59.6. The number of likely N-dealkylation sites (tertiary alicyclic amines) is 1. The van der Waals surface area contributed by atoms with Gasteiger partial charge in [-0.05, 0) is 57.8 Å². The molecule has 0 spiro atoms. The van der Waals surface area contributed by atoms with Crippen molar-refractivity contribution in [1.29, 1.82) is 0 Å². The van der Waals surface area contributed by atoms with E-state index in [2.05, 4.69) is 78.3 Å². The Morgan fingerprint density at radius 2 is 1.47 bits per heavy atom. The van der Waals surface area contributed by atoms with Crippen LogP contribution in [0, 0.1) is 10.8 Å². The van der Waals surface area contributed by atoms with Gasteiger partial charge >= 0.3 is 6.03 Å². The van der Waals surface area contributed by atoms with Crippen molar-refractivity contribution >= 4 is 55.8 Å². The number of Topliss-reactive ketones (excluding diaryl/α,β-unsaturated/α-hetero) is 1. The summed E-state index contributed by atoms with van der Waals surface area (Å²) in [5.41, 5.74) is 4.11. The molecule has 1 heterocycles. The number of hydrogen-bond donors (Lipinski definition) is 4. The molecule has 4 atom stereocenters. The lowest BCUT2D eigenvalue weighted by Gasteiger charge is -2.37. The van der Waals surface area contributed by atoms with Gasteiger partial charge in [-0.2, -0.15) is 18.6 Å². The van der Waals surface area contributed by atoms with Gasteiger partial charge in [0.25, 0.3) is 5.91 Å². The summed E-state index contributed by atoms with van der Waals surface area (Å²) < 4.78 is 7.87. The van der Waals surface area contributed by atoms with E-state index < -0.39 is 29.2 Å². The summed E-state index contributed by atoms with van der Waals surface area (Å²) in [6, 6.07) is -1.66. The van der Waals surface area contributed by atoms with E-state index in [-0.39, 0.29) is 48.5 Å². The Balaban J connectivity index is -0.000000512. The van der Waals surface area contributed by atoms with Crippen LogP contribution in [0.3, 0.4) is 0 Å². The van der Waals surface area contributed by atoms with Gasteiger partial charge < -0.3 is 26.6 Å². The van der Waals surface area contributed by atoms with Crippen molar-refractivity contribution in [3.05, 3.63) is 0 Å². The number of nitrogens with two attached hydrogens (primary N) is 1. The molecule has 4 unspecified atom stereocenters. The van der Waals surface area contributed by atoms with Crippen molar-refractivity contribution in [3.63, 3.8) is 0 Å². The largest absolute Gasteiger partial charge is 0.363 e. The van der Waals surface area contributed by atoms with Gasteiger partial charge in [-0.25, -0.2) is 13.4 Å². The number of nitrogens with zero attached hydrogens (tertiary/aromatic N) is 3. The van der Waals surface area contributed by atoms with E-state index in [0.29, 0.717) is 25.8 Å². The van der Waals surface area contributed by atoms with Crippen LogP contribution >= 0.6 is 25.7 Å². The number of primary amides is 1. The topological polar surface area (TPSA) is 166 Å². The van der Waals surface area contributed by atoms with E-state index in [1.54, 1.807) is 5.06 Å². The Bertz CT molecular complexity index is 1000. The van der Waals surface area contributed by atoms with Crippen LogP contribution in [0.1, 0.15) is 136 Å². The van der Waals surface area contributed by atoms with E-state index in [9.17, 15) is 24.0 Å². The first-order valence-corrected chi connectivity index (χ1v) is 18.8. The molecule has 1 saturated heterocycles. The number of likely N-dealkylation sites (N-methyl/N-ethyl adjacent to an activating group) is 1. The third-order valence-corrected chi connectivity index (χ3v) is 8.73. The molecule has 1 rings (SSSR count). The van der Waals surface area contributed by atoms with Crippen LogP contribution in [0.15, 0.2) is 0 Å². The summed E-state index contributed by atoms with van der Waals surface area (Å²) in [5, 5.41) is 10.1. The first kappa shape index (κ1) is 55.7. The Morgan fingerprint density at radius 3 is 1.82 bits per heavy atom. The number of carbonyl (C=O) groups is 5. The molecule has 0 saturated carbocycles. The second-order valence-electron chi connectivity index (χ2n) is 15.5. The van der Waals surface area contributed by atoms with Gasteiger partial charge in [0.05, 0.1) is 12.1 Å². The minimum Gasteiger partial charge on any atom is -0.363 e. The fourth-order valence-electron chi connectivity index (χ4n) is 4.28. The predicted molar refractivity (Wildman–Crippen MR) is 217 cm³/mol. The van der Waals surface area contributed by atoms with Crippen molar-refractivity contribution in [1.82, 2.24) is 30.2 Å². The number of rotatable bonds is 14. The maximum Gasteiger partial charge on any atom is 0.315 e. The Kier molecular flexibility index (Phi) is 30.1. The zero-order chi connectivity index (χ0) is 40.0. The van der Waals surface area contributed by atoms with E-state index in [1.807, 2.05) is 64.8 Å². The molecule has 5 amide bonds. The molecule has 5 N–H and O–H groups in total. The molecule has 0 aromatic heterocycles. The number of amides is 5. The highest BCUT2D eigenvalue weighted by atomic mass is 32.2. The highest BCUT2D eigenvalue weighted by molar-refractivity contribution is 7.92. The van der Waals surface area contributed by atoms with E-state index >= 15 is 0 Å². The normalized spacial score (nSPS) is 16.0. The zero-order valence-electron chi connectivity index (χ0n) is 35.1. The lowest BCUT2D eigenvalue weighted by molar-refractivity contribution is -0.137. The summed E-state index contributed by atoms with van der Waals surface area (Å²) in [6.07, 6.45) is 4.79. The average molecular weight is 768 g/mol. The van der Waals surface area contributed by atoms with Crippen LogP contribution in [0.4, 0.5) is 4.79 Å². The number of carbonyl (C=O) groups excluding carboxylic acids is 5. The summed E-state index contributed by atoms with van der Waals surface area (Å²) in [7, 11) is 3.84. The van der Waals surface area contributed by atoms with Crippen LogP contribution in [-0.2, 0) is 23.5 Å². The van der Waals surface area contributed by atoms with Crippen molar-refractivity contribution < 1.29 is 28.3 Å². The molecule has 0 bridgehead atoms. The molecule has 1 aliphatic rings. The van der Waals surface area contributed by atoms with Gasteiger partial charge in [-0.15, -0.1) is 0 Å². The van der Waals surface area contributed by atoms with Gasteiger partial charge in [0, 0.05) is 38.8 Å². The highest BCUT2D eigenvalue weighted by Gasteiger charge is 2.39. The van der Waals surface area contributed by atoms with E-state index in [4.69, 9.17) is 10.0 Å². The van der Waals surface area contributed by atoms with Crippen LogP contribution in [0.2, 0.25) is 0 Å². The Morgan fingerprint density at radius 1 is 0.961 bits per heavy atom. The zero-order valence-corrected chi connectivity index (χ0v) is 36.9. The van der Waals surface area contributed by atoms with Crippen molar-refractivity contribution in [2.24, 2.45) is 16.6 Å². The van der Waals surface area contributed by atoms with Gasteiger partial charge in [-0.3, -0.25) is 19.2 Å². The van der Waals surface area contributed by atoms with Crippen molar-refractivity contribution in [2.45, 2.75) is 166 Å². The second kappa shape index (κ2) is 27.5. The molecule has 0 radical (unpaired) electrons. The van der Waals surface area contributed by atoms with Crippen LogP contribution in [0.25, 0.3) is 0 Å². The maximum atomic E-state index is 13.3. The number of ketones is 1. The van der Waals surface area contributed by atoms with Crippen molar-refractivity contribution in [3.8, 4) is 0 Å². The summed E-state index contributed by atoms with van der Waals surface area (Å²) in [5.74, 6) is -1.76. The van der Waals surface area contributed by atoms with Crippen LogP contribution in [0.5, 0.6) is 0 Å². The number of hydroxylamine groups is 2. The predicted octanol–water partition coefficient (Wildman–Crippen LogP) is 5.79. The van der Waals surface area contributed by atoms with Crippen LogP contribution in [-0.4, -0.2) is 101 Å². The Hall–Kier alpha value is -2.07. The molecule has 1 fully saturated rings. The number of nitrogens with one attached hydrogen (secondary N) is 3. The van der Waals surface area contributed by atoms with Gasteiger partial charge in [0.2, 0.25) is 18.1 Å². The SMILES string of the molecule is CC.CC1CCCN1C(=O)C(NC(=O)NC(CN(C)OSN(C)C(C)(C)C)C(C)(C)C)C(C)(C)C.CCC.CCCC(NC=O)C(=O)C(N)=O.S. The molecule has 51 heavy (non-hydrogen) atoms. The highest BCUT2D eigenvalue weighted by Crippen LogP contribution is 2.27. The molecule has 0 aromatic rings. The minimum atomic E-state index is -1.01. The van der Waals surface area contributed by atoms with Crippen molar-refractivity contribution in [2.75, 3.05) is 27.2 Å². The fraction of sp³-hybridized carbons (Fsp3) is 0.861. The molecular weight excluding hydrogens is 691 g/mol. The Labute approximate surface area is 322 Å². The number of hydrogen-bond acceptors (Lipinski definition) is 9. The molecule has 13 nitrogen and oxygen atoms in total. The van der Waals surface area contributed by atoms with E-state index in [0.717, 1.165) is 19.4 Å². The average Bonchev–Trinajstić information content (AvgIpc) is 3.43. The lowest BCUT2D eigenvalue weighted by Crippen LogP contribution is -2.60. The summed E-state index contributed by atoms with van der Waals surface area (Å²) >= 11 is 1.28. The molecular formula is C36H77N7O6S2. The van der Waals surface area contributed by atoms with Gasteiger partial charge in [0.1, 0.15) is 18.3 Å². The molecule has 304 valence electrons. The minimum absolute atomic E-state index is 0. The first-order valence-electron chi connectivity index (χ1n) is 18.1. The monoisotopic (exact) mass is 768 g/mol. The standard InChI is InChI=1S/C24H49N5O3S.C7H12N2O3.C3H8.C2H6.H2S/c1-17-14-13-15-29(17)20(30)19(23(5,6)7)26-21(31)25-18(22(2,3)4)16-27(11)32-33-28(12)24(8,9)10;1-2-3-5(9-4-10)6(11)7(8)12;1-3-2;1-2;/h17-19H,13-16H2,1-12H3,(H2,25,26,31);4-5H,2-3H2,1H3,(H2,8,12)(H,9,10);3H2,1-2H3;1-2H3;1H2. The molecule has 15 heteroatoms. The number of urea groups is 1. The molecule has 1 aliphatic heterocycles. The quantitative estimate of drug-likeness (QED) is 0.0563. The summed E-state index contributed by atoms with van der Waals surface area (Å²) in [6.45, 7) is 32.0. The smallest absolute Gasteiger partial charge is 0.315 e. The van der Waals surface area contributed by atoms with Gasteiger partial charge in [-0.1, -0.05) is 89.0 Å². The van der Waals surface area contributed by atoms with E-state index in [1.165, 1.54) is 18.6 Å². The van der Waals surface area contributed by atoms with Gasteiger partial charge in [0.15, 0.2) is 0 Å².